The molecule has 1 aliphatic rings. The minimum atomic E-state index is -0.197. The van der Waals surface area contributed by atoms with Crippen molar-refractivity contribution in [1.29, 1.82) is 0 Å². The van der Waals surface area contributed by atoms with Gasteiger partial charge in [0.05, 0.1) is 12.4 Å². The fourth-order valence-corrected chi connectivity index (χ4v) is 4.17. The lowest BCUT2D eigenvalue weighted by atomic mass is 9.76. The highest BCUT2D eigenvalue weighted by atomic mass is 32.2. The maximum absolute atomic E-state index is 12.6. The number of nitrogens with zero attached hydrogens (tertiary/aromatic N) is 3. The largest absolute Gasteiger partial charge is 0.396 e. The van der Waals surface area contributed by atoms with Gasteiger partial charge in [-0.2, -0.15) is 0 Å². The summed E-state index contributed by atoms with van der Waals surface area (Å²) in [4.78, 5) is 22.8. The van der Waals surface area contributed by atoms with Crippen molar-refractivity contribution in [1.82, 2.24) is 14.9 Å². The van der Waals surface area contributed by atoms with Crippen molar-refractivity contribution < 1.29 is 9.90 Å². The van der Waals surface area contributed by atoms with E-state index in [4.69, 9.17) is 0 Å². The van der Waals surface area contributed by atoms with E-state index in [1.165, 1.54) is 17.3 Å². The van der Waals surface area contributed by atoms with Gasteiger partial charge in [0.15, 0.2) is 5.16 Å². The molecule has 1 N–H and O–H groups in total. The molecule has 0 bridgehead atoms. The van der Waals surface area contributed by atoms with Gasteiger partial charge in [-0.15, -0.1) is 0 Å². The number of hydrogen-bond acceptors (Lipinski definition) is 5. The number of aromatic nitrogens is 2. The van der Waals surface area contributed by atoms with Crippen LogP contribution in [0.25, 0.3) is 0 Å². The van der Waals surface area contributed by atoms with Gasteiger partial charge in [-0.25, -0.2) is 9.97 Å². The van der Waals surface area contributed by atoms with E-state index in [2.05, 4.69) is 22.1 Å². The minimum absolute atomic E-state index is 0.0969. The van der Waals surface area contributed by atoms with E-state index in [0.29, 0.717) is 17.5 Å². The summed E-state index contributed by atoms with van der Waals surface area (Å²) in [6.07, 6.45) is 7.09. The van der Waals surface area contributed by atoms with Crippen molar-refractivity contribution in [2.24, 2.45) is 5.41 Å². The summed E-state index contributed by atoms with van der Waals surface area (Å²) in [6.45, 7) is 1.52. The van der Waals surface area contributed by atoms with Crippen molar-refractivity contribution in [3.8, 4) is 0 Å². The van der Waals surface area contributed by atoms with Gasteiger partial charge in [0, 0.05) is 30.9 Å². The lowest BCUT2D eigenvalue weighted by molar-refractivity contribution is -0.132. The van der Waals surface area contributed by atoms with E-state index in [-0.39, 0.29) is 17.9 Å². The van der Waals surface area contributed by atoms with Gasteiger partial charge in [-0.1, -0.05) is 42.1 Å². The molecule has 0 spiro atoms. The summed E-state index contributed by atoms with van der Waals surface area (Å²) in [7, 11) is 0. The summed E-state index contributed by atoms with van der Waals surface area (Å²) >= 11 is 1.36. The fourth-order valence-electron chi connectivity index (χ4n) is 3.46. The Hall–Kier alpha value is -1.92. The van der Waals surface area contributed by atoms with Crippen molar-refractivity contribution in [2.45, 2.75) is 30.8 Å². The molecule has 0 unspecified atom stereocenters. The number of rotatable bonds is 7. The maximum Gasteiger partial charge on any atom is 0.233 e. The van der Waals surface area contributed by atoms with Crippen LogP contribution >= 0.6 is 11.8 Å². The zero-order chi connectivity index (χ0) is 18.2. The number of aliphatic hydroxyl groups is 1. The molecule has 1 aromatic heterocycles. The first-order valence-electron chi connectivity index (χ1n) is 9.03. The van der Waals surface area contributed by atoms with Gasteiger partial charge in [-0.05, 0) is 37.3 Å². The summed E-state index contributed by atoms with van der Waals surface area (Å²) in [5.41, 5.74) is 1.08. The Morgan fingerprint density at radius 3 is 2.69 bits per heavy atom. The zero-order valence-electron chi connectivity index (χ0n) is 14.9. The molecule has 0 saturated carbocycles. The Balaban J connectivity index is 1.56. The molecule has 5 nitrogen and oxygen atoms in total. The van der Waals surface area contributed by atoms with Crippen LogP contribution in [0.1, 0.15) is 24.8 Å². The molecule has 1 amide bonds. The molecule has 1 fully saturated rings. The number of piperidine rings is 1. The Kier molecular flexibility index (Phi) is 6.63. The summed E-state index contributed by atoms with van der Waals surface area (Å²) in [6, 6.07) is 12.1. The number of likely N-dealkylation sites (tertiary alicyclic amines) is 1. The standard InChI is InChI=1S/C20H25N3O2S/c24-16-20(10-8-17-6-2-1-3-7-17)9-4-13-23(15-20)18(25)14-26-19-21-11-5-12-22-19/h1-3,5-7,11-12,24H,4,8-10,13-16H2/t20-/m1/s1. The smallest absolute Gasteiger partial charge is 0.233 e. The van der Waals surface area contributed by atoms with Crippen LogP contribution in [-0.4, -0.2) is 51.3 Å². The van der Waals surface area contributed by atoms with Gasteiger partial charge >= 0.3 is 0 Å². The Bertz CT molecular complexity index is 699. The van der Waals surface area contributed by atoms with E-state index in [9.17, 15) is 9.90 Å². The molecule has 1 aromatic carbocycles. The van der Waals surface area contributed by atoms with Crippen LogP contribution in [0.2, 0.25) is 0 Å². The number of hydrogen-bond donors (Lipinski definition) is 1. The summed E-state index contributed by atoms with van der Waals surface area (Å²) < 4.78 is 0. The number of benzene rings is 1. The molecule has 2 aromatic rings. The van der Waals surface area contributed by atoms with Crippen molar-refractivity contribution in [3.63, 3.8) is 0 Å². The topological polar surface area (TPSA) is 66.3 Å². The third kappa shape index (κ3) is 5.05. The van der Waals surface area contributed by atoms with E-state index in [1.54, 1.807) is 18.5 Å². The Morgan fingerprint density at radius 1 is 1.19 bits per heavy atom. The molecular formula is C20H25N3O2S. The van der Waals surface area contributed by atoms with Gasteiger partial charge in [0.2, 0.25) is 5.91 Å². The predicted octanol–water partition coefficient (Wildman–Crippen LogP) is 2.80. The third-order valence-corrected chi connectivity index (χ3v) is 5.86. The number of aryl methyl sites for hydroxylation is 1. The average molecular weight is 372 g/mol. The van der Waals surface area contributed by atoms with Crippen LogP contribution in [0.15, 0.2) is 53.9 Å². The zero-order valence-corrected chi connectivity index (χ0v) is 15.7. The molecule has 0 radical (unpaired) electrons. The first-order chi connectivity index (χ1) is 12.7. The Labute approximate surface area is 158 Å². The molecule has 0 aliphatic carbocycles. The van der Waals surface area contributed by atoms with Crippen LogP contribution in [0.3, 0.4) is 0 Å². The average Bonchev–Trinajstić information content (AvgIpc) is 2.72. The van der Waals surface area contributed by atoms with Crippen LogP contribution in [0, 0.1) is 5.41 Å². The third-order valence-electron chi connectivity index (χ3n) is 5.00. The Morgan fingerprint density at radius 2 is 1.96 bits per heavy atom. The number of aliphatic hydroxyl groups excluding tert-OH is 1. The molecule has 138 valence electrons. The highest BCUT2D eigenvalue weighted by Crippen LogP contribution is 2.34. The normalized spacial score (nSPS) is 20.1. The van der Waals surface area contributed by atoms with Crippen LogP contribution < -0.4 is 0 Å². The van der Waals surface area contributed by atoms with E-state index in [0.717, 1.165) is 32.2 Å². The highest BCUT2D eigenvalue weighted by Gasteiger charge is 2.36. The molecular weight excluding hydrogens is 346 g/mol. The number of amides is 1. The van der Waals surface area contributed by atoms with Gasteiger partial charge in [0.1, 0.15) is 0 Å². The summed E-state index contributed by atoms with van der Waals surface area (Å²) in [5, 5.41) is 10.7. The maximum atomic E-state index is 12.6. The number of carbonyl (C=O) groups excluding carboxylic acids is 1. The second-order valence-electron chi connectivity index (χ2n) is 6.88. The fraction of sp³-hybridized carbons (Fsp3) is 0.450. The van der Waals surface area contributed by atoms with Crippen LogP contribution in [0.5, 0.6) is 0 Å². The molecule has 26 heavy (non-hydrogen) atoms. The van der Waals surface area contributed by atoms with Gasteiger partial charge in [0.25, 0.3) is 0 Å². The summed E-state index contributed by atoms with van der Waals surface area (Å²) in [5.74, 6) is 0.434. The van der Waals surface area contributed by atoms with Crippen LogP contribution in [0.4, 0.5) is 0 Å². The minimum Gasteiger partial charge on any atom is -0.396 e. The number of thioether (sulfide) groups is 1. The van der Waals surface area contributed by atoms with Crippen molar-refractivity contribution in [2.75, 3.05) is 25.4 Å². The first kappa shape index (κ1) is 18.9. The molecule has 2 heterocycles. The van der Waals surface area contributed by atoms with Gasteiger partial charge in [-0.3, -0.25) is 4.79 Å². The van der Waals surface area contributed by atoms with E-state index < -0.39 is 0 Å². The SMILES string of the molecule is O=C(CSc1ncccn1)N1CCC[C@@](CO)(CCc2ccccc2)C1. The second kappa shape index (κ2) is 9.14. The molecule has 1 atom stereocenters. The monoisotopic (exact) mass is 371 g/mol. The highest BCUT2D eigenvalue weighted by molar-refractivity contribution is 7.99. The van der Waals surface area contributed by atoms with Crippen LogP contribution in [-0.2, 0) is 11.2 Å². The molecule has 1 aliphatic heterocycles. The lowest BCUT2D eigenvalue weighted by Crippen LogP contribution is -2.48. The van der Waals surface area contributed by atoms with E-state index >= 15 is 0 Å². The predicted molar refractivity (Wildman–Crippen MR) is 103 cm³/mol. The molecule has 3 rings (SSSR count). The first-order valence-corrected chi connectivity index (χ1v) is 10.0. The second-order valence-corrected chi connectivity index (χ2v) is 7.83. The quantitative estimate of drug-likeness (QED) is 0.599. The van der Waals surface area contributed by atoms with Crippen molar-refractivity contribution >= 4 is 17.7 Å². The van der Waals surface area contributed by atoms with Crippen molar-refractivity contribution in [3.05, 3.63) is 54.4 Å². The van der Waals surface area contributed by atoms with Gasteiger partial charge < -0.3 is 10.0 Å². The lowest BCUT2D eigenvalue weighted by Gasteiger charge is -2.42. The van der Waals surface area contributed by atoms with E-state index in [1.807, 2.05) is 23.1 Å². The number of carbonyl (C=O) groups is 1. The molecule has 6 heteroatoms. The molecule has 1 saturated heterocycles.